The highest BCUT2D eigenvalue weighted by Crippen LogP contribution is 2.38. The molecule has 71 heavy (non-hydrogen) atoms. The van der Waals surface area contributed by atoms with Crippen LogP contribution in [0.25, 0.3) is 0 Å². The Kier molecular flexibility index (Phi) is 51.6. The van der Waals surface area contributed by atoms with Crippen molar-refractivity contribution < 1.29 is 38.0 Å². The van der Waals surface area contributed by atoms with Crippen LogP contribution in [0.5, 0.6) is 0 Å². The Morgan fingerprint density at radius 2 is 0.817 bits per heavy atom. The first kappa shape index (κ1) is 69.9. The molecule has 0 aromatic rings. The van der Waals surface area contributed by atoms with Crippen molar-refractivity contribution in [3.63, 3.8) is 0 Å². The van der Waals surface area contributed by atoms with Gasteiger partial charge in [0.15, 0.2) is 0 Å². The summed E-state index contributed by atoms with van der Waals surface area (Å²) in [5.41, 5.74) is 0. The van der Waals surface area contributed by atoms with Crippen LogP contribution >= 0.6 is 7.82 Å². The average molecular weight is 1030 g/mol. The van der Waals surface area contributed by atoms with Crippen LogP contribution in [-0.4, -0.2) is 79.8 Å². The predicted molar refractivity (Wildman–Crippen MR) is 304 cm³/mol. The van der Waals surface area contributed by atoms with Gasteiger partial charge in [0, 0.05) is 6.42 Å². The van der Waals surface area contributed by atoms with Gasteiger partial charge in [-0.2, -0.15) is 0 Å². The van der Waals surface area contributed by atoms with Gasteiger partial charge >= 0.3 is 0 Å². The molecular formula is C61H121N2O7P. The quantitative estimate of drug-likeness (QED) is 0.0240. The summed E-state index contributed by atoms with van der Waals surface area (Å²) in [6.07, 6.45) is 62.9. The third-order valence-corrected chi connectivity index (χ3v) is 15.2. The Bertz CT molecular complexity index is 1230. The number of likely N-dealkylation sites (N-methyl/N-ethyl adjacent to an activating group) is 1. The predicted octanol–water partition coefficient (Wildman–Crippen LogP) is 17.1. The molecule has 0 saturated heterocycles. The number of amides is 1. The van der Waals surface area contributed by atoms with Crippen molar-refractivity contribution in [2.24, 2.45) is 0 Å². The van der Waals surface area contributed by atoms with Gasteiger partial charge in [0.2, 0.25) is 5.91 Å². The number of rotatable bonds is 57. The molecule has 0 spiro atoms. The van der Waals surface area contributed by atoms with E-state index in [1.165, 1.54) is 225 Å². The van der Waals surface area contributed by atoms with E-state index >= 15 is 0 Å². The van der Waals surface area contributed by atoms with Crippen LogP contribution in [0.4, 0.5) is 0 Å². The molecule has 0 bridgehead atoms. The summed E-state index contributed by atoms with van der Waals surface area (Å²) in [4.78, 5) is 25.5. The minimum Gasteiger partial charge on any atom is -0.756 e. The lowest BCUT2D eigenvalue weighted by Gasteiger charge is -2.31. The van der Waals surface area contributed by atoms with Crippen molar-refractivity contribution >= 4 is 13.7 Å². The number of aliphatic hydroxyl groups excluding tert-OH is 2. The molecule has 0 aliphatic carbocycles. The Morgan fingerprint density at radius 1 is 0.493 bits per heavy atom. The number of aliphatic hydroxyl groups is 2. The van der Waals surface area contributed by atoms with Crippen LogP contribution in [-0.2, 0) is 18.4 Å². The standard InChI is InChI=1S/C61H121N2O7P/c1-6-8-10-12-14-16-18-20-21-22-23-24-25-26-27-28-29-30-31-32-33-34-35-36-37-38-39-40-41-42-44-46-48-50-52-54-60(65)62-58(57-70-71(67,68)69-56-55-63(3,4)5)61(66)59(64)53-51-49-47-45-43-19-17-15-13-11-9-7-2/h15,17,45,47,58-59,61,64,66H,6-14,16,18-44,46,48-57H2,1-5H3,(H-,62,65,67,68)/b17-15+,47-45+. The van der Waals surface area contributed by atoms with E-state index in [4.69, 9.17) is 9.05 Å². The third kappa shape index (κ3) is 53.6. The fourth-order valence-electron chi connectivity index (χ4n) is 9.39. The largest absolute Gasteiger partial charge is 0.756 e. The van der Waals surface area contributed by atoms with Crippen LogP contribution in [0.2, 0.25) is 0 Å². The molecule has 0 fully saturated rings. The van der Waals surface area contributed by atoms with Gasteiger partial charge in [-0.25, -0.2) is 0 Å². The maximum absolute atomic E-state index is 13.0. The second-order valence-electron chi connectivity index (χ2n) is 22.5. The SMILES string of the molecule is CCCCC/C=C/CC/C=C/CCCC(O)C(O)C(COP(=O)([O-])OCC[N+](C)(C)C)NC(=O)CCCCCCCCCCCCCCCCCCCCCCCCCCCCCCCCCCCCC. The van der Waals surface area contributed by atoms with Crippen molar-refractivity contribution in [3.05, 3.63) is 24.3 Å². The monoisotopic (exact) mass is 1020 g/mol. The van der Waals surface area contributed by atoms with Crippen molar-refractivity contribution in [2.75, 3.05) is 40.9 Å². The highest BCUT2D eigenvalue weighted by molar-refractivity contribution is 7.45. The summed E-state index contributed by atoms with van der Waals surface area (Å²) in [7, 11) is 1.11. The Labute approximate surface area is 441 Å². The normalized spacial score (nSPS) is 14.4. The molecule has 9 nitrogen and oxygen atoms in total. The molecular weight excluding hydrogens is 904 g/mol. The van der Waals surface area contributed by atoms with Crippen molar-refractivity contribution in [3.8, 4) is 0 Å². The van der Waals surface area contributed by atoms with Crippen LogP contribution in [0.1, 0.15) is 303 Å². The van der Waals surface area contributed by atoms with E-state index < -0.39 is 32.7 Å². The summed E-state index contributed by atoms with van der Waals surface area (Å²) in [5.74, 6) is -0.287. The molecule has 0 aromatic carbocycles. The Morgan fingerprint density at radius 3 is 1.18 bits per heavy atom. The molecule has 0 heterocycles. The number of phosphoric acid groups is 1. The Balaban J connectivity index is 3.98. The van der Waals surface area contributed by atoms with Gasteiger partial charge in [0.25, 0.3) is 7.82 Å². The van der Waals surface area contributed by atoms with Crippen LogP contribution in [0.3, 0.4) is 0 Å². The van der Waals surface area contributed by atoms with E-state index in [0.717, 1.165) is 38.5 Å². The highest BCUT2D eigenvalue weighted by atomic mass is 31.2. The van der Waals surface area contributed by atoms with E-state index in [1.54, 1.807) is 0 Å². The summed E-state index contributed by atoms with van der Waals surface area (Å²) in [6, 6.07) is -1.09. The van der Waals surface area contributed by atoms with E-state index in [0.29, 0.717) is 30.3 Å². The number of phosphoric ester groups is 1. The van der Waals surface area contributed by atoms with E-state index in [-0.39, 0.29) is 18.9 Å². The third-order valence-electron chi connectivity index (χ3n) is 14.3. The van der Waals surface area contributed by atoms with Gasteiger partial charge < -0.3 is 34.0 Å². The first-order chi connectivity index (χ1) is 34.4. The van der Waals surface area contributed by atoms with Crippen LogP contribution in [0.15, 0.2) is 24.3 Å². The number of carbonyl (C=O) groups excluding carboxylic acids is 1. The molecule has 0 aromatic heterocycles. The highest BCUT2D eigenvalue weighted by Gasteiger charge is 2.29. The number of hydrogen-bond acceptors (Lipinski definition) is 7. The van der Waals surface area contributed by atoms with Gasteiger partial charge in [-0.1, -0.05) is 269 Å². The fourth-order valence-corrected chi connectivity index (χ4v) is 10.1. The molecule has 1 amide bonds. The van der Waals surface area contributed by atoms with Crippen LogP contribution in [0, 0.1) is 0 Å². The van der Waals surface area contributed by atoms with Crippen molar-refractivity contribution in [1.29, 1.82) is 0 Å². The topological polar surface area (TPSA) is 128 Å². The van der Waals surface area contributed by atoms with Gasteiger partial charge in [-0.3, -0.25) is 9.36 Å². The van der Waals surface area contributed by atoms with E-state index in [1.807, 2.05) is 21.1 Å². The maximum atomic E-state index is 13.0. The summed E-state index contributed by atoms with van der Waals surface area (Å²) >= 11 is 0. The Hall–Kier alpha value is -1.06. The molecule has 4 unspecified atom stereocenters. The minimum atomic E-state index is -4.68. The zero-order valence-corrected chi connectivity index (χ0v) is 48.7. The zero-order valence-electron chi connectivity index (χ0n) is 47.8. The van der Waals surface area contributed by atoms with Crippen molar-refractivity contribution in [2.45, 2.75) is 321 Å². The minimum absolute atomic E-state index is 0.0466. The molecule has 0 aliphatic rings. The second kappa shape index (κ2) is 52.4. The number of quaternary nitrogens is 1. The lowest BCUT2D eigenvalue weighted by atomic mass is 10.0. The smallest absolute Gasteiger partial charge is 0.268 e. The van der Waals surface area contributed by atoms with Crippen LogP contribution < -0.4 is 10.2 Å². The zero-order chi connectivity index (χ0) is 52.2. The molecule has 0 radical (unpaired) electrons. The number of nitrogens with zero attached hydrogens (tertiary/aromatic N) is 1. The molecule has 0 rings (SSSR count). The number of hydrogen-bond donors (Lipinski definition) is 3. The van der Waals surface area contributed by atoms with Gasteiger partial charge in [0.05, 0.1) is 39.9 Å². The molecule has 3 N–H and O–H groups in total. The molecule has 10 heteroatoms. The number of unbranched alkanes of at least 4 members (excludes halogenated alkanes) is 39. The summed E-state index contributed by atoms with van der Waals surface area (Å²) in [6.45, 7) is 4.41. The lowest BCUT2D eigenvalue weighted by Crippen LogP contribution is -2.51. The summed E-state index contributed by atoms with van der Waals surface area (Å²) in [5, 5.41) is 24.7. The van der Waals surface area contributed by atoms with Gasteiger partial charge in [-0.05, 0) is 51.4 Å². The average Bonchev–Trinajstić information content (AvgIpc) is 3.33. The van der Waals surface area contributed by atoms with E-state index in [9.17, 15) is 24.5 Å². The second-order valence-corrected chi connectivity index (χ2v) is 24.0. The first-order valence-corrected chi connectivity index (χ1v) is 32.2. The number of allylic oxidation sites excluding steroid dienone is 4. The molecule has 0 saturated carbocycles. The first-order valence-electron chi connectivity index (χ1n) is 30.8. The number of nitrogens with one attached hydrogen (secondary N) is 1. The fraction of sp³-hybridized carbons (Fsp3) is 0.918. The van der Waals surface area contributed by atoms with Gasteiger partial charge in [0.1, 0.15) is 19.3 Å². The molecule has 0 aliphatic heterocycles. The van der Waals surface area contributed by atoms with Gasteiger partial charge in [-0.15, -0.1) is 0 Å². The lowest BCUT2D eigenvalue weighted by molar-refractivity contribution is -0.870. The van der Waals surface area contributed by atoms with E-state index in [2.05, 4.69) is 43.5 Å². The van der Waals surface area contributed by atoms with Crippen molar-refractivity contribution in [1.82, 2.24) is 5.32 Å². The maximum Gasteiger partial charge on any atom is 0.268 e. The number of carbonyl (C=O) groups is 1. The molecule has 422 valence electrons. The summed E-state index contributed by atoms with van der Waals surface area (Å²) < 4.78 is 23.2. The molecule has 4 atom stereocenters.